The van der Waals surface area contributed by atoms with E-state index in [-0.39, 0.29) is 0 Å². The Balaban J connectivity index is 2.50. The fourth-order valence-electron chi connectivity index (χ4n) is 1.66. The van der Waals surface area contributed by atoms with E-state index in [1.165, 1.54) is 0 Å². The van der Waals surface area contributed by atoms with Crippen molar-refractivity contribution in [2.24, 2.45) is 0 Å². The highest BCUT2D eigenvalue weighted by Gasteiger charge is 2.10. The Hall–Kier alpha value is -2.04. The number of nitrogen functional groups attached to an aromatic ring is 1. The minimum absolute atomic E-state index is 0.484. The number of rotatable bonds is 2. The third-order valence-corrected chi connectivity index (χ3v) is 2.58. The summed E-state index contributed by atoms with van der Waals surface area (Å²) in [6.07, 6.45) is 4.31. The van der Waals surface area contributed by atoms with Crippen molar-refractivity contribution in [1.29, 1.82) is 0 Å². The van der Waals surface area contributed by atoms with Crippen LogP contribution in [0.4, 0.5) is 5.82 Å². The Kier molecular flexibility index (Phi) is 2.99. The predicted molar refractivity (Wildman–Crippen MR) is 66.3 cm³/mol. The van der Waals surface area contributed by atoms with Gasteiger partial charge in [-0.15, -0.1) is 0 Å². The van der Waals surface area contributed by atoms with Crippen LogP contribution in [0.2, 0.25) is 0 Å². The van der Waals surface area contributed by atoms with Gasteiger partial charge in [0, 0.05) is 23.7 Å². The summed E-state index contributed by atoms with van der Waals surface area (Å²) >= 11 is 0. The Morgan fingerprint density at radius 2 is 1.71 bits per heavy atom. The second-order valence-corrected chi connectivity index (χ2v) is 3.93. The van der Waals surface area contributed by atoms with Gasteiger partial charge in [0.05, 0.1) is 0 Å². The maximum Gasteiger partial charge on any atom is 0.199 e. The topological polar surface area (TPSA) is 77.6 Å². The number of nitrogens with zero attached hydrogens (tertiary/aromatic N) is 4. The molecule has 0 bridgehead atoms. The second kappa shape index (κ2) is 4.45. The molecule has 5 nitrogen and oxygen atoms in total. The highest BCUT2D eigenvalue weighted by molar-refractivity contribution is 5.51. The van der Waals surface area contributed by atoms with Gasteiger partial charge in [0.2, 0.25) is 0 Å². The number of aryl methyl sites for hydroxylation is 2. The van der Waals surface area contributed by atoms with Gasteiger partial charge >= 0.3 is 0 Å². The van der Waals surface area contributed by atoms with Gasteiger partial charge in [-0.3, -0.25) is 0 Å². The summed E-state index contributed by atoms with van der Waals surface area (Å²) in [6, 6.07) is 0. The molecular weight excluding hydrogens is 214 g/mol. The van der Waals surface area contributed by atoms with E-state index < -0.39 is 0 Å². The average Bonchev–Trinajstić information content (AvgIpc) is 2.29. The zero-order chi connectivity index (χ0) is 12.4. The van der Waals surface area contributed by atoms with E-state index in [1.54, 1.807) is 12.4 Å². The van der Waals surface area contributed by atoms with Crippen LogP contribution in [0.1, 0.15) is 23.7 Å². The molecule has 0 saturated carbocycles. The van der Waals surface area contributed by atoms with Gasteiger partial charge < -0.3 is 5.73 Å². The Labute approximate surface area is 100 Å². The largest absolute Gasteiger partial charge is 0.383 e. The third kappa shape index (κ3) is 2.22. The average molecular weight is 229 g/mol. The van der Waals surface area contributed by atoms with E-state index >= 15 is 0 Å². The van der Waals surface area contributed by atoms with E-state index in [1.807, 2.05) is 20.8 Å². The fraction of sp³-hybridized carbons (Fsp3) is 0.333. The normalized spacial score (nSPS) is 10.5. The second-order valence-electron chi connectivity index (χ2n) is 3.93. The maximum absolute atomic E-state index is 5.89. The molecule has 2 rings (SSSR count). The van der Waals surface area contributed by atoms with Crippen LogP contribution in [-0.2, 0) is 6.42 Å². The Morgan fingerprint density at radius 1 is 1.06 bits per heavy atom. The first kappa shape index (κ1) is 11.4. The van der Waals surface area contributed by atoms with Crippen molar-refractivity contribution in [2.45, 2.75) is 27.2 Å². The highest BCUT2D eigenvalue weighted by Crippen LogP contribution is 2.17. The minimum atomic E-state index is 0.484. The molecule has 0 aliphatic rings. The van der Waals surface area contributed by atoms with Crippen molar-refractivity contribution >= 4 is 5.82 Å². The van der Waals surface area contributed by atoms with Crippen molar-refractivity contribution in [3.05, 3.63) is 29.2 Å². The molecule has 2 aromatic rings. The number of aromatic nitrogens is 4. The quantitative estimate of drug-likeness (QED) is 0.848. The monoisotopic (exact) mass is 229 g/mol. The summed E-state index contributed by atoms with van der Waals surface area (Å²) in [6.45, 7) is 5.89. The molecule has 0 unspecified atom stereocenters. The lowest BCUT2D eigenvalue weighted by atomic mass is 10.1. The molecule has 0 saturated heterocycles. The molecule has 0 radical (unpaired) electrons. The number of hydrogen-bond donors (Lipinski definition) is 1. The van der Waals surface area contributed by atoms with Crippen molar-refractivity contribution in [2.75, 3.05) is 5.73 Å². The van der Waals surface area contributed by atoms with Gasteiger partial charge in [-0.1, -0.05) is 6.92 Å². The van der Waals surface area contributed by atoms with Gasteiger partial charge in [0.1, 0.15) is 5.82 Å². The van der Waals surface area contributed by atoms with Crippen molar-refractivity contribution < 1.29 is 0 Å². The summed E-state index contributed by atoms with van der Waals surface area (Å²) in [5.41, 5.74) is 8.77. The molecule has 2 aromatic heterocycles. The summed E-state index contributed by atoms with van der Waals surface area (Å²) in [7, 11) is 0. The van der Waals surface area contributed by atoms with Gasteiger partial charge in [-0.25, -0.2) is 19.9 Å². The van der Waals surface area contributed by atoms with E-state index in [0.29, 0.717) is 17.5 Å². The van der Waals surface area contributed by atoms with E-state index in [2.05, 4.69) is 19.9 Å². The molecular formula is C12H15N5. The molecule has 0 aliphatic carbocycles. The standard InChI is InChI=1S/C12H15N5/c1-4-9-8(3)16-12(17-10(9)13)11-14-5-7(2)6-15-11/h5-6H,4H2,1-3H3,(H2,13,16,17). The minimum Gasteiger partial charge on any atom is -0.383 e. The zero-order valence-corrected chi connectivity index (χ0v) is 10.2. The van der Waals surface area contributed by atoms with Gasteiger partial charge in [0.25, 0.3) is 0 Å². The van der Waals surface area contributed by atoms with Crippen LogP contribution in [-0.4, -0.2) is 19.9 Å². The van der Waals surface area contributed by atoms with Crippen LogP contribution in [0.5, 0.6) is 0 Å². The fourth-order valence-corrected chi connectivity index (χ4v) is 1.66. The first-order valence-electron chi connectivity index (χ1n) is 5.53. The molecule has 2 N–H and O–H groups in total. The Morgan fingerprint density at radius 3 is 2.24 bits per heavy atom. The highest BCUT2D eigenvalue weighted by atomic mass is 15.0. The van der Waals surface area contributed by atoms with Crippen LogP contribution in [0, 0.1) is 13.8 Å². The molecule has 0 aromatic carbocycles. The molecule has 0 atom stereocenters. The van der Waals surface area contributed by atoms with Crippen LogP contribution >= 0.6 is 0 Å². The van der Waals surface area contributed by atoms with Crippen molar-refractivity contribution in [3.8, 4) is 11.6 Å². The van der Waals surface area contributed by atoms with Crippen molar-refractivity contribution in [1.82, 2.24) is 19.9 Å². The SMILES string of the molecule is CCc1c(C)nc(-c2ncc(C)cn2)nc1N. The zero-order valence-electron chi connectivity index (χ0n) is 10.2. The molecule has 0 aliphatic heterocycles. The molecule has 17 heavy (non-hydrogen) atoms. The molecule has 2 heterocycles. The maximum atomic E-state index is 5.89. The van der Waals surface area contributed by atoms with Gasteiger partial charge in [0.15, 0.2) is 11.6 Å². The first-order valence-corrected chi connectivity index (χ1v) is 5.53. The summed E-state index contributed by atoms with van der Waals surface area (Å²) < 4.78 is 0. The number of hydrogen-bond acceptors (Lipinski definition) is 5. The van der Waals surface area contributed by atoms with E-state index in [9.17, 15) is 0 Å². The molecule has 0 spiro atoms. The van der Waals surface area contributed by atoms with Crippen LogP contribution in [0.25, 0.3) is 11.6 Å². The lowest BCUT2D eigenvalue weighted by Gasteiger charge is -2.07. The lowest BCUT2D eigenvalue weighted by Crippen LogP contribution is -2.05. The third-order valence-electron chi connectivity index (χ3n) is 2.58. The predicted octanol–water partition coefficient (Wildman–Crippen LogP) is 1.70. The Bertz CT molecular complexity index is 510. The van der Waals surface area contributed by atoms with Crippen LogP contribution < -0.4 is 5.73 Å². The molecule has 88 valence electrons. The smallest absolute Gasteiger partial charge is 0.199 e. The summed E-state index contributed by atoms with van der Waals surface area (Å²) in [4.78, 5) is 17.0. The summed E-state index contributed by atoms with van der Waals surface area (Å²) in [5.74, 6) is 1.50. The van der Waals surface area contributed by atoms with Gasteiger partial charge in [-0.2, -0.15) is 0 Å². The van der Waals surface area contributed by atoms with Gasteiger partial charge in [-0.05, 0) is 25.8 Å². The van der Waals surface area contributed by atoms with E-state index in [0.717, 1.165) is 23.2 Å². The lowest BCUT2D eigenvalue weighted by molar-refractivity contribution is 0.986. The molecule has 0 amide bonds. The molecule has 5 heteroatoms. The number of anilines is 1. The first-order chi connectivity index (χ1) is 8.11. The molecule has 0 fully saturated rings. The number of nitrogens with two attached hydrogens (primary N) is 1. The van der Waals surface area contributed by atoms with Crippen LogP contribution in [0.3, 0.4) is 0 Å². The van der Waals surface area contributed by atoms with Crippen LogP contribution in [0.15, 0.2) is 12.4 Å². The van der Waals surface area contributed by atoms with Crippen molar-refractivity contribution in [3.63, 3.8) is 0 Å². The van der Waals surface area contributed by atoms with E-state index in [4.69, 9.17) is 5.73 Å². The summed E-state index contributed by atoms with van der Waals surface area (Å²) in [5, 5.41) is 0.